The number of rotatable bonds is 0. The molecule has 3 aliphatic heterocycles. The Morgan fingerprint density at radius 3 is 2.45 bits per heavy atom. The van der Waals surface area contributed by atoms with Crippen LogP contribution in [0.5, 0.6) is 0 Å². The molecule has 0 aromatic rings. The molecule has 0 aromatic heterocycles. The maximum atomic E-state index is 6.87. The molecule has 0 amide bonds. The zero-order chi connectivity index (χ0) is 22.6. The topological polar surface area (TPSA) is 36.9 Å². The van der Waals surface area contributed by atoms with E-state index in [-0.39, 0.29) is 23.1 Å². The third kappa shape index (κ3) is 2.84. The van der Waals surface area contributed by atoms with Crippen LogP contribution in [0.2, 0.25) is 0 Å². The van der Waals surface area contributed by atoms with Gasteiger partial charge >= 0.3 is 0 Å². The molecular weight excluding hydrogens is 412 g/mol. The molecule has 10 atom stereocenters. The number of allylic oxidation sites excluding steroid dienone is 1. The van der Waals surface area contributed by atoms with Crippen molar-refractivity contribution in [2.24, 2.45) is 46.3 Å². The fourth-order valence-corrected chi connectivity index (χ4v) is 10.2. The normalized spacial score (nSPS) is 56.8. The van der Waals surface area contributed by atoms with Gasteiger partial charge in [0.05, 0.1) is 25.9 Å². The maximum Gasteiger partial charge on any atom is 0.172 e. The summed E-state index contributed by atoms with van der Waals surface area (Å²) in [6, 6.07) is 0. The van der Waals surface area contributed by atoms with Crippen molar-refractivity contribution in [2.45, 2.75) is 103 Å². The third-order valence-corrected chi connectivity index (χ3v) is 12.1. The van der Waals surface area contributed by atoms with E-state index in [0.29, 0.717) is 23.2 Å². The highest BCUT2D eigenvalue weighted by Crippen LogP contribution is 2.70. The van der Waals surface area contributed by atoms with E-state index < -0.39 is 0 Å². The summed E-state index contributed by atoms with van der Waals surface area (Å²) >= 11 is 0. The lowest BCUT2D eigenvalue weighted by atomic mass is 9.45. The zero-order valence-corrected chi connectivity index (χ0v) is 21.2. The summed E-state index contributed by atoms with van der Waals surface area (Å²) in [6.45, 7) is 12.4. The summed E-state index contributed by atoms with van der Waals surface area (Å²) < 4.78 is 25.7. The van der Waals surface area contributed by atoms with Crippen molar-refractivity contribution in [1.29, 1.82) is 0 Å². The summed E-state index contributed by atoms with van der Waals surface area (Å²) in [5, 5.41) is 0. The third-order valence-electron chi connectivity index (χ3n) is 12.1. The Balaban J connectivity index is 1.16. The number of ether oxygens (including phenoxy) is 4. The second-order valence-electron chi connectivity index (χ2n) is 13.5. The molecular formula is C29H44O4. The predicted molar refractivity (Wildman–Crippen MR) is 126 cm³/mol. The zero-order valence-electron chi connectivity index (χ0n) is 21.2. The first-order valence-electron chi connectivity index (χ1n) is 14.1. The van der Waals surface area contributed by atoms with Crippen molar-refractivity contribution < 1.29 is 18.9 Å². The van der Waals surface area contributed by atoms with Crippen LogP contribution in [0, 0.1) is 46.3 Å². The molecule has 0 aromatic carbocycles. The van der Waals surface area contributed by atoms with Gasteiger partial charge in [-0.2, -0.15) is 0 Å². The highest BCUT2D eigenvalue weighted by Gasteiger charge is 2.66. The van der Waals surface area contributed by atoms with Gasteiger partial charge in [-0.3, -0.25) is 0 Å². The van der Waals surface area contributed by atoms with Gasteiger partial charge in [0.15, 0.2) is 11.6 Å². The molecule has 3 saturated heterocycles. The maximum absolute atomic E-state index is 6.87. The Labute approximate surface area is 200 Å². The van der Waals surface area contributed by atoms with Crippen molar-refractivity contribution in [3.8, 4) is 0 Å². The quantitative estimate of drug-likeness (QED) is 0.413. The summed E-state index contributed by atoms with van der Waals surface area (Å²) in [5.74, 6) is 3.44. The molecule has 0 unspecified atom stereocenters. The van der Waals surface area contributed by atoms with Gasteiger partial charge in [-0.05, 0) is 73.0 Å². The van der Waals surface area contributed by atoms with Crippen LogP contribution >= 0.6 is 0 Å². The van der Waals surface area contributed by atoms with Crippen LogP contribution in [0.4, 0.5) is 0 Å². The molecule has 0 radical (unpaired) electrons. The van der Waals surface area contributed by atoms with Crippen molar-refractivity contribution in [3.63, 3.8) is 0 Å². The van der Waals surface area contributed by atoms with Crippen LogP contribution < -0.4 is 0 Å². The molecule has 4 aliphatic carbocycles. The monoisotopic (exact) mass is 456 g/mol. The Morgan fingerprint density at radius 1 is 0.879 bits per heavy atom. The summed E-state index contributed by atoms with van der Waals surface area (Å²) in [6.07, 6.45) is 14.0. The van der Waals surface area contributed by atoms with Gasteiger partial charge < -0.3 is 18.9 Å². The summed E-state index contributed by atoms with van der Waals surface area (Å²) in [7, 11) is 0. The van der Waals surface area contributed by atoms with Gasteiger partial charge in [0.2, 0.25) is 0 Å². The van der Waals surface area contributed by atoms with Gasteiger partial charge in [0.25, 0.3) is 0 Å². The van der Waals surface area contributed by atoms with Gasteiger partial charge in [-0.25, -0.2) is 0 Å². The van der Waals surface area contributed by atoms with E-state index in [9.17, 15) is 0 Å². The largest absolute Gasteiger partial charge is 0.349 e. The molecule has 7 aliphatic rings. The molecule has 3 heterocycles. The van der Waals surface area contributed by atoms with E-state index in [0.717, 1.165) is 56.8 Å². The number of hydrogen-bond acceptors (Lipinski definition) is 4. The van der Waals surface area contributed by atoms with Crippen molar-refractivity contribution >= 4 is 0 Å². The Kier molecular flexibility index (Phi) is 4.68. The Morgan fingerprint density at radius 2 is 1.70 bits per heavy atom. The van der Waals surface area contributed by atoms with Crippen LogP contribution in [-0.2, 0) is 18.9 Å². The van der Waals surface area contributed by atoms with E-state index in [4.69, 9.17) is 18.9 Å². The molecule has 7 rings (SSSR count). The molecule has 4 heteroatoms. The van der Waals surface area contributed by atoms with Gasteiger partial charge in [0.1, 0.15) is 0 Å². The first kappa shape index (κ1) is 21.8. The molecule has 0 N–H and O–H groups in total. The number of fused-ring (bicyclic) bond motifs is 7. The second-order valence-corrected chi connectivity index (χ2v) is 13.5. The van der Waals surface area contributed by atoms with Crippen LogP contribution in [-0.4, -0.2) is 37.5 Å². The minimum absolute atomic E-state index is 0.251. The Hall–Kier alpha value is -0.420. The van der Waals surface area contributed by atoms with E-state index in [2.05, 4.69) is 33.8 Å². The van der Waals surface area contributed by atoms with Crippen LogP contribution in [0.3, 0.4) is 0 Å². The van der Waals surface area contributed by atoms with Crippen molar-refractivity contribution in [3.05, 3.63) is 11.6 Å². The molecule has 2 spiro atoms. The summed E-state index contributed by atoms with van der Waals surface area (Å²) in [5.41, 5.74) is 2.49. The second kappa shape index (κ2) is 7.08. The first-order valence-corrected chi connectivity index (χ1v) is 14.1. The minimum Gasteiger partial charge on any atom is -0.349 e. The van der Waals surface area contributed by atoms with E-state index >= 15 is 0 Å². The fraction of sp³-hybridized carbons (Fsp3) is 0.931. The van der Waals surface area contributed by atoms with E-state index in [1.165, 1.54) is 38.5 Å². The molecule has 33 heavy (non-hydrogen) atoms. The van der Waals surface area contributed by atoms with E-state index in [1.54, 1.807) is 5.57 Å². The highest BCUT2D eigenvalue weighted by atomic mass is 16.7. The van der Waals surface area contributed by atoms with Crippen LogP contribution in [0.1, 0.15) is 85.5 Å². The highest BCUT2D eigenvalue weighted by molar-refractivity contribution is 5.34. The van der Waals surface area contributed by atoms with Crippen LogP contribution in [0.15, 0.2) is 11.6 Å². The van der Waals surface area contributed by atoms with Gasteiger partial charge in [-0.15, -0.1) is 0 Å². The number of hydrogen-bond donors (Lipinski definition) is 0. The van der Waals surface area contributed by atoms with Crippen molar-refractivity contribution in [2.75, 3.05) is 19.8 Å². The van der Waals surface area contributed by atoms with Gasteiger partial charge in [-0.1, -0.05) is 39.3 Å². The smallest absolute Gasteiger partial charge is 0.172 e. The predicted octanol–water partition coefficient (Wildman–Crippen LogP) is 6.10. The Bertz CT molecular complexity index is 837. The molecule has 4 nitrogen and oxygen atoms in total. The molecule has 6 fully saturated rings. The average molecular weight is 457 g/mol. The average Bonchev–Trinajstić information content (AvgIpc) is 3.44. The van der Waals surface area contributed by atoms with Gasteiger partial charge in [0, 0.05) is 31.1 Å². The minimum atomic E-state index is -0.327. The lowest BCUT2D eigenvalue weighted by Gasteiger charge is -2.61. The van der Waals surface area contributed by atoms with Crippen molar-refractivity contribution in [1.82, 2.24) is 0 Å². The first-order chi connectivity index (χ1) is 15.8. The molecule has 0 bridgehead atoms. The van der Waals surface area contributed by atoms with Crippen LogP contribution in [0.25, 0.3) is 0 Å². The summed E-state index contributed by atoms with van der Waals surface area (Å²) in [4.78, 5) is 0. The lowest BCUT2D eigenvalue weighted by Crippen LogP contribution is -2.55. The molecule has 3 saturated carbocycles. The SMILES string of the molecule is C[C@@H]1CC[C@@]2(OC1)O[C@H]1C=C3[C@@H]4CC[C@H]5CC6(CC[C@]5(C)[C@H]4CC[C@]3(C)[C@H]1[C@@H]2C)OCCO6. The lowest BCUT2D eigenvalue weighted by molar-refractivity contribution is -0.265. The fourth-order valence-electron chi connectivity index (χ4n) is 10.2. The standard InChI is InChI=1S/C29H44O4/c1-18-7-10-29(32-17-18)19(2)25-24(33-29)15-23-21-6-5-20-16-28(30-13-14-31-28)12-11-26(20,3)22(21)8-9-27(23,25)4/h15,18-22,24-25H,5-14,16-17H2,1-4H3/t18-,19+,20+,21-,22+,24+,25+,26+,27+,29-/m1/s1. The molecule has 184 valence electrons. The van der Waals surface area contributed by atoms with E-state index in [1.807, 2.05) is 0 Å².